The van der Waals surface area contributed by atoms with E-state index < -0.39 is 12.0 Å². The molecule has 39 heavy (non-hydrogen) atoms. The number of carbonyl (C=O) groups excluding carboxylic acids is 1. The molecule has 1 aromatic heterocycles. The quantitative estimate of drug-likeness (QED) is 0.211. The van der Waals surface area contributed by atoms with Crippen molar-refractivity contribution in [3.05, 3.63) is 109 Å². The highest BCUT2D eigenvalue weighted by atomic mass is 79.9. The molecule has 0 saturated carbocycles. The van der Waals surface area contributed by atoms with Crippen LogP contribution in [0.3, 0.4) is 0 Å². The first-order valence-corrected chi connectivity index (χ1v) is 13.4. The molecule has 3 aromatic carbocycles. The zero-order valence-corrected chi connectivity index (χ0v) is 24.0. The van der Waals surface area contributed by atoms with Crippen molar-refractivity contribution in [1.29, 1.82) is 0 Å². The number of fused-ring (bicyclic) bond motifs is 1. The van der Waals surface area contributed by atoms with Crippen LogP contribution in [0, 0.1) is 0 Å². The molecule has 1 aliphatic rings. The third-order valence-corrected chi connectivity index (χ3v) is 7.49. The smallest absolute Gasteiger partial charge is 0.338 e. The first kappa shape index (κ1) is 27.1. The zero-order chi connectivity index (χ0) is 27.5. The predicted octanol–water partition coefficient (Wildman–Crippen LogP) is 6.97. The Kier molecular flexibility index (Phi) is 8.11. The molecule has 0 spiro atoms. The normalized spacial score (nSPS) is 14.4. The van der Waals surface area contributed by atoms with Crippen molar-refractivity contribution in [2.75, 3.05) is 12.4 Å². The van der Waals surface area contributed by atoms with Crippen molar-refractivity contribution >= 4 is 51.0 Å². The lowest BCUT2D eigenvalue weighted by Gasteiger charge is -2.29. The van der Waals surface area contributed by atoms with Crippen LogP contribution in [0.4, 0.5) is 5.95 Å². The number of methoxy groups -OCH3 is 1. The molecular weight excluding hydrogens is 607 g/mol. The average molecular weight is 630 g/mol. The van der Waals surface area contributed by atoms with E-state index in [1.165, 1.54) is 6.33 Å². The van der Waals surface area contributed by atoms with Gasteiger partial charge in [0.15, 0.2) is 11.5 Å². The number of anilines is 1. The van der Waals surface area contributed by atoms with Crippen molar-refractivity contribution in [2.24, 2.45) is 0 Å². The summed E-state index contributed by atoms with van der Waals surface area (Å²) in [5.41, 5.74) is 3.48. The fourth-order valence-corrected chi connectivity index (χ4v) is 5.18. The Hall–Kier alpha value is -3.53. The van der Waals surface area contributed by atoms with Gasteiger partial charge in [0.2, 0.25) is 5.95 Å². The Morgan fingerprint density at radius 1 is 1.05 bits per heavy atom. The molecule has 200 valence electrons. The standard InChI is InChI=1S/C28H23BrCl2N4O4/c1-16-24(27(36)39-13-17-6-4-3-5-7-17)25(35-28(34-16)32-15-33-35)19-11-20(29)26(23(12-19)37-2)38-14-18-8-9-21(30)22(31)10-18/h3-12,15,25H,13-14H2,1-2H3,(H,32,33,34). The van der Waals surface area contributed by atoms with E-state index in [4.69, 9.17) is 37.4 Å². The highest BCUT2D eigenvalue weighted by Gasteiger charge is 2.35. The molecule has 0 radical (unpaired) electrons. The second-order valence-corrected chi connectivity index (χ2v) is 10.4. The van der Waals surface area contributed by atoms with Crippen LogP contribution in [-0.4, -0.2) is 27.8 Å². The van der Waals surface area contributed by atoms with Gasteiger partial charge in [0.1, 0.15) is 25.6 Å². The van der Waals surface area contributed by atoms with Gasteiger partial charge in [-0.25, -0.2) is 9.48 Å². The third kappa shape index (κ3) is 5.75. The number of hydrogen-bond donors (Lipinski definition) is 1. The van der Waals surface area contributed by atoms with Crippen molar-refractivity contribution in [3.63, 3.8) is 0 Å². The molecule has 1 unspecified atom stereocenters. The van der Waals surface area contributed by atoms with Crippen molar-refractivity contribution in [1.82, 2.24) is 14.8 Å². The molecule has 1 N–H and O–H groups in total. The van der Waals surface area contributed by atoms with Crippen LogP contribution in [-0.2, 0) is 22.7 Å². The average Bonchev–Trinajstić information content (AvgIpc) is 3.40. The lowest BCUT2D eigenvalue weighted by Crippen LogP contribution is -2.29. The molecule has 8 nitrogen and oxygen atoms in total. The molecule has 5 rings (SSSR count). The summed E-state index contributed by atoms with van der Waals surface area (Å²) in [6.45, 7) is 2.19. The molecule has 2 heterocycles. The van der Waals surface area contributed by atoms with Crippen LogP contribution >= 0.6 is 39.1 Å². The van der Waals surface area contributed by atoms with Gasteiger partial charge in [-0.1, -0.05) is 59.6 Å². The fourth-order valence-electron chi connectivity index (χ4n) is 4.29. The van der Waals surface area contributed by atoms with E-state index in [0.717, 1.165) is 16.7 Å². The molecule has 0 fully saturated rings. The molecule has 1 atom stereocenters. The van der Waals surface area contributed by atoms with Gasteiger partial charge in [-0.15, -0.1) is 0 Å². The largest absolute Gasteiger partial charge is 0.493 e. The van der Waals surface area contributed by atoms with Gasteiger partial charge in [0.25, 0.3) is 0 Å². The van der Waals surface area contributed by atoms with Crippen LogP contribution in [0.2, 0.25) is 10.0 Å². The van der Waals surface area contributed by atoms with Gasteiger partial charge in [-0.05, 0) is 63.8 Å². The number of hydrogen-bond acceptors (Lipinski definition) is 7. The number of allylic oxidation sites excluding steroid dienone is 1. The molecule has 0 saturated heterocycles. The van der Waals surface area contributed by atoms with Crippen molar-refractivity contribution in [3.8, 4) is 11.5 Å². The highest BCUT2D eigenvalue weighted by molar-refractivity contribution is 9.10. The second-order valence-electron chi connectivity index (χ2n) is 8.73. The minimum Gasteiger partial charge on any atom is -0.493 e. The number of rotatable bonds is 8. The van der Waals surface area contributed by atoms with Crippen LogP contribution in [0.25, 0.3) is 0 Å². The number of nitrogens with one attached hydrogen (secondary N) is 1. The fraction of sp³-hybridized carbons (Fsp3) is 0.179. The van der Waals surface area contributed by atoms with Crippen molar-refractivity contribution < 1.29 is 19.0 Å². The maximum absolute atomic E-state index is 13.4. The Balaban J connectivity index is 1.47. The van der Waals surface area contributed by atoms with Gasteiger partial charge in [0.05, 0.1) is 27.2 Å². The number of aromatic nitrogens is 3. The summed E-state index contributed by atoms with van der Waals surface area (Å²) in [6, 6.07) is 17.9. The van der Waals surface area contributed by atoms with Crippen LogP contribution < -0.4 is 14.8 Å². The molecule has 1 aliphatic heterocycles. The number of esters is 1. The summed E-state index contributed by atoms with van der Waals surface area (Å²) in [6.07, 6.45) is 1.43. The molecule has 4 aromatic rings. The maximum Gasteiger partial charge on any atom is 0.338 e. The Labute approximate surface area is 243 Å². The molecule has 0 amide bonds. The van der Waals surface area contributed by atoms with E-state index in [2.05, 4.69) is 31.3 Å². The van der Waals surface area contributed by atoms with Crippen molar-refractivity contribution in [2.45, 2.75) is 26.2 Å². The van der Waals surface area contributed by atoms with Crippen LogP contribution in [0.15, 0.2) is 82.7 Å². The first-order chi connectivity index (χ1) is 18.9. The monoisotopic (exact) mass is 628 g/mol. The van der Waals surface area contributed by atoms with E-state index in [9.17, 15) is 4.79 Å². The highest BCUT2D eigenvalue weighted by Crippen LogP contribution is 2.43. The predicted molar refractivity (Wildman–Crippen MR) is 152 cm³/mol. The molecule has 0 aliphatic carbocycles. The summed E-state index contributed by atoms with van der Waals surface area (Å²) in [4.78, 5) is 17.7. The van der Waals surface area contributed by atoms with E-state index in [1.54, 1.807) is 23.9 Å². The van der Waals surface area contributed by atoms with E-state index in [1.807, 2.05) is 55.5 Å². The van der Waals surface area contributed by atoms with E-state index in [0.29, 0.717) is 43.2 Å². The molecular formula is C28H23BrCl2N4O4. The van der Waals surface area contributed by atoms with Gasteiger partial charge in [-0.3, -0.25) is 0 Å². The minimum absolute atomic E-state index is 0.141. The summed E-state index contributed by atoms with van der Waals surface area (Å²) < 4.78 is 19.8. The topological polar surface area (TPSA) is 87.5 Å². The lowest BCUT2D eigenvalue weighted by molar-refractivity contribution is -0.140. The summed E-state index contributed by atoms with van der Waals surface area (Å²) >= 11 is 15.8. The Bertz CT molecular complexity index is 1560. The number of nitrogens with zero attached hydrogens (tertiary/aromatic N) is 3. The lowest BCUT2D eigenvalue weighted by atomic mass is 9.95. The summed E-state index contributed by atoms with van der Waals surface area (Å²) in [5.74, 6) is 1.00. The van der Waals surface area contributed by atoms with Gasteiger partial charge >= 0.3 is 5.97 Å². The first-order valence-electron chi connectivity index (χ1n) is 11.9. The zero-order valence-electron chi connectivity index (χ0n) is 21.0. The third-order valence-electron chi connectivity index (χ3n) is 6.16. The van der Waals surface area contributed by atoms with E-state index in [-0.39, 0.29) is 13.2 Å². The maximum atomic E-state index is 13.4. The number of ether oxygens (including phenoxy) is 3. The SMILES string of the molecule is COc1cc(C2C(C(=O)OCc3ccccc3)=C(C)Nc3ncnn32)cc(Br)c1OCc1ccc(Cl)c(Cl)c1. The number of halogens is 3. The molecule has 0 bridgehead atoms. The van der Waals surface area contributed by atoms with Gasteiger partial charge in [0, 0.05) is 5.70 Å². The second kappa shape index (κ2) is 11.7. The van der Waals surface area contributed by atoms with Crippen LogP contribution in [0.1, 0.15) is 29.7 Å². The minimum atomic E-state index is -0.624. The Morgan fingerprint density at radius 2 is 1.85 bits per heavy atom. The number of benzene rings is 3. The van der Waals surface area contributed by atoms with Gasteiger partial charge < -0.3 is 19.5 Å². The van der Waals surface area contributed by atoms with E-state index >= 15 is 0 Å². The summed E-state index contributed by atoms with van der Waals surface area (Å²) in [5, 5.41) is 8.46. The summed E-state index contributed by atoms with van der Waals surface area (Å²) in [7, 11) is 1.55. The number of carbonyl (C=O) groups is 1. The van der Waals surface area contributed by atoms with Gasteiger partial charge in [-0.2, -0.15) is 10.1 Å². The Morgan fingerprint density at radius 3 is 2.59 bits per heavy atom. The molecule has 11 heteroatoms. The van der Waals surface area contributed by atoms with Crippen LogP contribution in [0.5, 0.6) is 11.5 Å².